The first-order valence-electron chi connectivity index (χ1n) is 4.47. The van der Waals surface area contributed by atoms with E-state index in [2.05, 4.69) is 4.98 Å². The van der Waals surface area contributed by atoms with Gasteiger partial charge in [-0.2, -0.15) is 0 Å². The number of hydrogen-bond acceptors (Lipinski definition) is 3. The van der Waals surface area contributed by atoms with Crippen LogP contribution in [0.15, 0.2) is 4.42 Å². The Labute approximate surface area is 72.0 Å². The molecular formula is C9H14N2O. The normalized spacial score (nSPS) is 16.8. The maximum Gasteiger partial charge on any atom is 0.195 e. The van der Waals surface area contributed by atoms with Crippen molar-refractivity contribution in [2.45, 2.75) is 32.1 Å². The molecule has 1 aliphatic rings. The predicted molar refractivity (Wildman–Crippen MR) is 46.0 cm³/mol. The van der Waals surface area contributed by atoms with Crippen LogP contribution in [0.25, 0.3) is 0 Å². The van der Waals surface area contributed by atoms with E-state index >= 15 is 0 Å². The lowest BCUT2D eigenvalue weighted by atomic mass is 10.2. The summed E-state index contributed by atoms with van der Waals surface area (Å²) in [4.78, 5) is 4.41. The zero-order valence-corrected chi connectivity index (χ0v) is 7.34. The topological polar surface area (TPSA) is 52.0 Å². The number of hydrogen-bond donors (Lipinski definition) is 1. The van der Waals surface area contributed by atoms with Crippen LogP contribution in [0.1, 0.15) is 36.1 Å². The van der Waals surface area contributed by atoms with E-state index in [1.807, 2.05) is 6.92 Å². The molecule has 2 N–H and O–H groups in total. The average Bonchev–Trinajstić information content (AvgIpc) is 2.79. The van der Waals surface area contributed by atoms with Crippen molar-refractivity contribution in [2.24, 2.45) is 5.73 Å². The lowest BCUT2D eigenvalue weighted by Crippen LogP contribution is -2.02. The monoisotopic (exact) mass is 166 g/mol. The zero-order chi connectivity index (χ0) is 8.55. The molecule has 3 nitrogen and oxygen atoms in total. The summed E-state index contributed by atoms with van der Waals surface area (Å²) in [6.45, 7) is 2.60. The van der Waals surface area contributed by atoms with Gasteiger partial charge in [0.25, 0.3) is 0 Å². The minimum absolute atomic E-state index is 0.615. The second kappa shape index (κ2) is 2.90. The lowest BCUT2D eigenvalue weighted by Gasteiger charge is -1.86. The molecule has 0 amide bonds. The maximum atomic E-state index is 5.47. The highest BCUT2D eigenvalue weighted by Crippen LogP contribution is 2.41. The van der Waals surface area contributed by atoms with Crippen molar-refractivity contribution in [2.75, 3.05) is 6.54 Å². The van der Waals surface area contributed by atoms with E-state index in [0.29, 0.717) is 12.5 Å². The molecule has 12 heavy (non-hydrogen) atoms. The quantitative estimate of drug-likeness (QED) is 0.737. The first-order chi connectivity index (χ1) is 5.81. The molecule has 1 saturated carbocycles. The third kappa shape index (κ3) is 1.37. The van der Waals surface area contributed by atoms with Gasteiger partial charge in [0, 0.05) is 18.9 Å². The Balaban J connectivity index is 2.18. The second-order valence-electron chi connectivity index (χ2n) is 3.36. The first-order valence-corrected chi connectivity index (χ1v) is 4.47. The van der Waals surface area contributed by atoms with Gasteiger partial charge in [0.2, 0.25) is 0 Å². The zero-order valence-electron chi connectivity index (χ0n) is 7.34. The summed E-state index contributed by atoms with van der Waals surface area (Å²) in [6, 6.07) is 0. The summed E-state index contributed by atoms with van der Waals surface area (Å²) in [5, 5.41) is 0. The van der Waals surface area contributed by atoms with Crippen LogP contribution in [0.5, 0.6) is 0 Å². The van der Waals surface area contributed by atoms with Crippen molar-refractivity contribution < 1.29 is 4.42 Å². The first kappa shape index (κ1) is 7.80. The molecule has 1 aromatic heterocycles. The van der Waals surface area contributed by atoms with E-state index in [-0.39, 0.29) is 0 Å². The van der Waals surface area contributed by atoms with E-state index in [1.54, 1.807) is 0 Å². The van der Waals surface area contributed by atoms with Crippen molar-refractivity contribution in [1.29, 1.82) is 0 Å². The smallest absolute Gasteiger partial charge is 0.195 e. The van der Waals surface area contributed by atoms with Gasteiger partial charge in [-0.15, -0.1) is 0 Å². The predicted octanol–water partition coefficient (Wildman–Crippen LogP) is 1.36. The van der Waals surface area contributed by atoms with Gasteiger partial charge >= 0.3 is 0 Å². The van der Waals surface area contributed by atoms with Crippen LogP contribution in [-0.4, -0.2) is 11.5 Å². The van der Waals surface area contributed by atoms with Gasteiger partial charge in [0.15, 0.2) is 5.89 Å². The van der Waals surface area contributed by atoms with E-state index in [0.717, 1.165) is 18.1 Å². The minimum Gasteiger partial charge on any atom is -0.446 e. The Bertz CT molecular complexity index is 276. The molecule has 66 valence electrons. The van der Waals surface area contributed by atoms with Gasteiger partial charge in [0.1, 0.15) is 5.76 Å². The van der Waals surface area contributed by atoms with Gasteiger partial charge < -0.3 is 10.2 Å². The Hall–Kier alpha value is -0.830. The van der Waals surface area contributed by atoms with Crippen LogP contribution < -0.4 is 5.73 Å². The van der Waals surface area contributed by atoms with Crippen molar-refractivity contribution in [3.05, 3.63) is 17.3 Å². The van der Waals surface area contributed by atoms with Crippen LogP contribution in [0.4, 0.5) is 0 Å². The van der Waals surface area contributed by atoms with Crippen LogP contribution in [0, 0.1) is 6.92 Å². The summed E-state index contributed by atoms with van der Waals surface area (Å²) < 4.78 is 5.47. The summed E-state index contributed by atoms with van der Waals surface area (Å²) in [5.41, 5.74) is 6.58. The molecule has 3 heteroatoms. The van der Waals surface area contributed by atoms with Gasteiger partial charge in [-0.25, -0.2) is 4.98 Å². The fourth-order valence-electron chi connectivity index (χ4n) is 1.43. The van der Waals surface area contributed by atoms with Crippen LogP contribution >= 0.6 is 0 Å². The van der Waals surface area contributed by atoms with E-state index < -0.39 is 0 Å². The van der Waals surface area contributed by atoms with Crippen molar-refractivity contribution in [1.82, 2.24) is 4.98 Å². The largest absolute Gasteiger partial charge is 0.446 e. The summed E-state index contributed by atoms with van der Waals surface area (Å²) in [6.07, 6.45) is 3.30. The molecule has 0 saturated heterocycles. The van der Waals surface area contributed by atoms with Crippen LogP contribution in [-0.2, 0) is 6.42 Å². The highest BCUT2D eigenvalue weighted by molar-refractivity contribution is 5.18. The SMILES string of the molecule is Cc1oc(CCN)nc1C1CC1. The average molecular weight is 166 g/mol. The number of aromatic nitrogens is 1. The minimum atomic E-state index is 0.615. The highest BCUT2D eigenvalue weighted by atomic mass is 16.4. The third-order valence-electron chi connectivity index (χ3n) is 2.20. The van der Waals surface area contributed by atoms with Crippen LogP contribution in [0.3, 0.4) is 0 Å². The number of rotatable bonds is 3. The fourth-order valence-corrected chi connectivity index (χ4v) is 1.43. The Morgan fingerprint density at radius 2 is 2.33 bits per heavy atom. The Kier molecular flexibility index (Phi) is 1.89. The molecule has 1 heterocycles. The van der Waals surface area contributed by atoms with Crippen LogP contribution in [0.2, 0.25) is 0 Å². The van der Waals surface area contributed by atoms with Crippen molar-refractivity contribution in [3.8, 4) is 0 Å². The number of oxazole rings is 1. The molecule has 0 bridgehead atoms. The Morgan fingerprint density at radius 1 is 1.58 bits per heavy atom. The van der Waals surface area contributed by atoms with Gasteiger partial charge in [-0.3, -0.25) is 0 Å². The molecule has 0 unspecified atom stereocenters. The molecule has 0 aliphatic heterocycles. The highest BCUT2D eigenvalue weighted by Gasteiger charge is 2.29. The maximum absolute atomic E-state index is 5.47. The Morgan fingerprint density at radius 3 is 2.92 bits per heavy atom. The molecule has 0 spiro atoms. The molecular weight excluding hydrogens is 152 g/mol. The van der Waals surface area contributed by atoms with Crippen molar-refractivity contribution in [3.63, 3.8) is 0 Å². The summed E-state index contributed by atoms with van der Waals surface area (Å²) in [5.74, 6) is 2.47. The molecule has 1 aliphatic carbocycles. The molecule has 0 atom stereocenters. The van der Waals surface area contributed by atoms with E-state index in [9.17, 15) is 0 Å². The van der Waals surface area contributed by atoms with Gasteiger partial charge in [-0.05, 0) is 19.8 Å². The molecule has 0 aromatic carbocycles. The fraction of sp³-hybridized carbons (Fsp3) is 0.667. The molecule has 0 radical (unpaired) electrons. The number of nitrogens with two attached hydrogens (primary N) is 1. The summed E-state index contributed by atoms with van der Waals surface area (Å²) >= 11 is 0. The molecule has 1 fully saturated rings. The molecule has 2 rings (SSSR count). The van der Waals surface area contributed by atoms with Gasteiger partial charge in [0.05, 0.1) is 5.69 Å². The van der Waals surface area contributed by atoms with E-state index in [1.165, 1.54) is 18.5 Å². The number of nitrogens with zero attached hydrogens (tertiary/aromatic N) is 1. The van der Waals surface area contributed by atoms with E-state index in [4.69, 9.17) is 10.2 Å². The van der Waals surface area contributed by atoms with Crippen molar-refractivity contribution >= 4 is 0 Å². The summed E-state index contributed by atoms with van der Waals surface area (Å²) in [7, 11) is 0. The van der Waals surface area contributed by atoms with Gasteiger partial charge in [-0.1, -0.05) is 0 Å². The lowest BCUT2D eigenvalue weighted by molar-refractivity contribution is 0.471. The third-order valence-corrected chi connectivity index (χ3v) is 2.20. The second-order valence-corrected chi connectivity index (χ2v) is 3.36. The molecule has 1 aromatic rings. The standard InChI is InChI=1S/C9H14N2O/c1-6-9(7-2-3-7)11-8(12-6)4-5-10/h7H,2-5,10H2,1H3. The number of aryl methyl sites for hydroxylation is 1.